The van der Waals surface area contributed by atoms with Crippen LogP contribution in [-0.2, 0) is 19.2 Å². The Bertz CT molecular complexity index is 1230. The van der Waals surface area contributed by atoms with Crippen LogP contribution in [0.1, 0.15) is 96.6 Å². The molecule has 0 fully saturated rings. The Morgan fingerprint density at radius 2 is 0.933 bits per heavy atom. The van der Waals surface area contributed by atoms with Gasteiger partial charge in [0, 0.05) is 0 Å². The van der Waals surface area contributed by atoms with Gasteiger partial charge in [-0.3, -0.25) is 19.2 Å². The van der Waals surface area contributed by atoms with Gasteiger partial charge in [0.05, 0.1) is 32.5 Å². The molecule has 0 atom stereocenters. The quantitative estimate of drug-likeness (QED) is 0.0631. The molecule has 0 amide bonds. The van der Waals surface area contributed by atoms with Gasteiger partial charge in [0.25, 0.3) is 0 Å². The van der Waals surface area contributed by atoms with Crippen LogP contribution in [0.3, 0.4) is 0 Å². The molecule has 0 saturated heterocycles. The van der Waals surface area contributed by atoms with Crippen molar-refractivity contribution >= 4 is 35.7 Å². The zero-order valence-electron chi connectivity index (χ0n) is 27.6. The first-order valence-electron chi connectivity index (χ1n) is 15.9. The van der Waals surface area contributed by atoms with Crippen molar-refractivity contribution in [2.75, 3.05) is 14.2 Å². The standard InChI is InChI=1S/C37H48O8/c1-7-11-28(12-8-2)36(40)44-34-23-26(17-21-32(34)42-5)15-19-30(38)25-31(39)20-16-27-18-22-33(43-6)35(24-27)45-37(41)29(13-9-3)14-10-4/h15-24,28-29H,7-14,25H2,1-6H3/b19-15+,20-16+. The van der Waals surface area contributed by atoms with Crippen molar-refractivity contribution in [2.24, 2.45) is 11.8 Å². The van der Waals surface area contributed by atoms with Gasteiger partial charge in [-0.05, 0) is 73.2 Å². The molecular formula is C37H48O8. The summed E-state index contributed by atoms with van der Waals surface area (Å²) in [6.45, 7) is 8.13. The molecule has 0 aliphatic heterocycles. The van der Waals surface area contributed by atoms with Gasteiger partial charge in [-0.25, -0.2) is 0 Å². The highest BCUT2D eigenvalue weighted by Gasteiger charge is 2.22. The lowest BCUT2D eigenvalue weighted by Crippen LogP contribution is -2.20. The molecule has 0 N–H and O–H groups in total. The monoisotopic (exact) mass is 620 g/mol. The summed E-state index contributed by atoms with van der Waals surface area (Å²) in [6, 6.07) is 10.1. The number of carbonyl (C=O) groups excluding carboxylic acids is 4. The van der Waals surface area contributed by atoms with Gasteiger partial charge in [0.1, 0.15) is 0 Å². The van der Waals surface area contributed by atoms with Crippen LogP contribution >= 0.6 is 0 Å². The highest BCUT2D eigenvalue weighted by Crippen LogP contribution is 2.31. The zero-order chi connectivity index (χ0) is 33.2. The van der Waals surface area contributed by atoms with Gasteiger partial charge in [0.2, 0.25) is 0 Å². The molecule has 8 heteroatoms. The van der Waals surface area contributed by atoms with Gasteiger partial charge in [-0.1, -0.05) is 77.7 Å². The first-order valence-corrected chi connectivity index (χ1v) is 15.9. The molecule has 0 heterocycles. The highest BCUT2D eigenvalue weighted by atomic mass is 16.6. The average molecular weight is 621 g/mol. The fourth-order valence-electron chi connectivity index (χ4n) is 4.96. The molecule has 45 heavy (non-hydrogen) atoms. The number of methoxy groups -OCH3 is 2. The Labute approximate surface area is 267 Å². The SMILES string of the molecule is CCCC(CCC)C(=O)Oc1cc(/C=C/C(=O)CC(=O)/C=C/c2ccc(OC)c(OC(=O)C(CCC)CCC)c2)ccc1OC. The van der Waals surface area contributed by atoms with E-state index >= 15 is 0 Å². The molecule has 0 aliphatic rings. The third-order valence-corrected chi connectivity index (χ3v) is 7.28. The van der Waals surface area contributed by atoms with Crippen LogP contribution in [0.5, 0.6) is 23.0 Å². The molecular weight excluding hydrogens is 572 g/mol. The third-order valence-electron chi connectivity index (χ3n) is 7.28. The lowest BCUT2D eigenvalue weighted by atomic mass is 9.98. The molecule has 8 nitrogen and oxygen atoms in total. The van der Waals surface area contributed by atoms with E-state index in [2.05, 4.69) is 0 Å². The minimum absolute atomic E-state index is 0.187. The molecule has 2 rings (SSSR count). The summed E-state index contributed by atoms with van der Waals surface area (Å²) in [7, 11) is 2.99. The van der Waals surface area contributed by atoms with E-state index in [9.17, 15) is 19.2 Å². The normalized spacial score (nSPS) is 11.4. The molecule has 0 spiro atoms. The Balaban J connectivity index is 2.07. The predicted octanol–water partition coefficient (Wildman–Crippen LogP) is 8.20. The van der Waals surface area contributed by atoms with E-state index in [0.717, 1.165) is 51.4 Å². The van der Waals surface area contributed by atoms with E-state index in [1.165, 1.54) is 26.4 Å². The molecule has 0 aliphatic carbocycles. The number of esters is 2. The minimum Gasteiger partial charge on any atom is -0.493 e. The van der Waals surface area contributed by atoms with Crippen LogP contribution in [0.25, 0.3) is 12.2 Å². The number of ether oxygens (including phenoxy) is 4. The van der Waals surface area contributed by atoms with Crippen molar-refractivity contribution < 1.29 is 38.1 Å². The number of hydrogen-bond acceptors (Lipinski definition) is 8. The first kappa shape index (κ1) is 37.0. The van der Waals surface area contributed by atoms with Crippen LogP contribution in [0.2, 0.25) is 0 Å². The van der Waals surface area contributed by atoms with Crippen molar-refractivity contribution in [3.63, 3.8) is 0 Å². The van der Waals surface area contributed by atoms with E-state index in [1.807, 2.05) is 27.7 Å². The van der Waals surface area contributed by atoms with Crippen LogP contribution in [0.4, 0.5) is 0 Å². The molecule has 0 aromatic heterocycles. The Hall–Kier alpha value is -4.20. The maximum Gasteiger partial charge on any atom is 0.314 e. The Morgan fingerprint density at radius 3 is 1.24 bits per heavy atom. The molecule has 0 unspecified atom stereocenters. The van der Waals surface area contributed by atoms with Crippen LogP contribution in [0, 0.1) is 11.8 Å². The number of benzene rings is 2. The van der Waals surface area contributed by atoms with Crippen LogP contribution < -0.4 is 18.9 Å². The van der Waals surface area contributed by atoms with Crippen LogP contribution in [0.15, 0.2) is 48.6 Å². The van der Waals surface area contributed by atoms with Crippen molar-refractivity contribution in [1.82, 2.24) is 0 Å². The number of carbonyl (C=O) groups is 4. The summed E-state index contributed by atoms with van der Waals surface area (Å²) in [5.41, 5.74) is 1.25. The number of rotatable bonds is 20. The Morgan fingerprint density at radius 1 is 0.578 bits per heavy atom. The van der Waals surface area contributed by atoms with Crippen LogP contribution in [-0.4, -0.2) is 37.7 Å². The third kappa shape index (κ3) is 12.4. The summed E-state index contributed by atoms with van der Waals surface area (Å²) in [5.74, 6) is -0.348. The summed E-state index contributed by atoms with van der Waals surface area (Å²) in [4.78, 5) is 50.7. The number of hydrogen-bond donors (Lipinski definition) is 0. The van der Waals surface area contributed by atoms with Gasteiger partial charge in [-0.2, -0.15) is 0 Å². The Kier molecular flexibility index (Phi) is 16.4. The second kappa shape index (κ2) is 20.0. The summed E-state index contributed by atoms with van der Waals surface area (Å²) in [5, 5.41) is 0. The highest BCUT2D eigenvalue weighted by molar-refractivity contribution is 6.10. The topological polar surface area (TPSA) is 105 Å². The first-order chi connectivity index (χ1) is 21.7. The molecule has 244 valence electrons. The van der Waals surface area contributed by atoms with E-state index in [1.54, 1.807) is 48.6 Å². The molecule has 0 radical (unpaired) electrons. The van der Waals surface area contributed by atoms with E-state index < -0.39 is 0 Å². The van der Waals surface area contributed by atoms with Gasteiger partial charge < -0.3 is 18.9 Å². The van der Waals surface area contributed by atoms with Crippen molar-refractivity contribution in [3.8, 4) is 23.0 Å². The van der Waals surface area contributed by atoms with E-state index in [4.69, 9.17) is 18.9 Å². The largest absolute Gasteiger partial charge is 0.493 e. The number of allylic oxidation sites excluding steroid dienone is 2. The smallest absolute Gasteiger partial charge is 0.314 e. The second-order valence-electron chi connectivity index (χ2n) is 11.0. The maximum atomic E-state index is 12.8. The van der Waals surface area contributed by atoms with Gasteiger partial charge in [0.15, 0.2) is 34.6 Å². The summed E-state index contributed by atoms with van der Waals surface area (Å²) < 4.78 is 22.1. The van der Waals surface area contributed by atoms with Gasteiger partial charge >= 0.3 is 11.9 Å². The van der Waals surface area contributed by atoms with Crippen molar-refractivity contribution in [1.29, 1.82) is 0 Å². The fourth-order valence-corrected chi connectivity index (χ4v) is 4.96. The lowest BCUT2D eigenvalue weighted by molar-refractivity contribution is -0.140. The van der Waals surface area contributed by atoms with Crippen molar-refractivity contribution in [2.45, 2.75) is 85.5 Å². The maximum absolute atomic E-state index is 12.8. The molecule has 2 aromatic carbocycles. The predicted molar refractivity (Wildman–Crippen MR) is 177 cm³/mol. The lowest BCUT2D eigenvalue weighted by Gasteiger charge is -2.16. The second-order valence-corrected chi connectivity index (χ2v) is 11.0. The summed E-state index contributed by atoms with van der Waals surface area (Å²) in [6.07, 6.45) is 12.0. The zero-order valence-corrected chi connectivity index (χ0v) is 27.6. The minimum atomic E-state index is -0.382. The fraction of sp³-hybridized carbons (Fsp3) is 0.459. The average Bonchev–Trinajstić information content (AvgIpc) is 3.02. The molecule has 2 aromatic rings. The molecule has 0 saturated carbocycles. The van der Waals surface area contributed by atoms with Crippen molar-refractivity contribution in [3.05, 3.63) is 59.7 Å². The van der Waals surface area contributed by atoms with E-state index in [0.29, 0.717) is 22.6 Å². The number of ketones is 2. The summed E-state index contributed by atoms with van der Waals surface area (Å²) >= 11 is 0. The van der Waals surface area contributed by atoms with Gasteiger partial charge in [-0.15, -0.1) is 0 Å². The van der Waals surface area contributed by atoms with E-state index in [-0.39, 0.29) is 53.3 Å². The molecule has 0 bridgehead atoms.